The quantitative estimate of drug-likeness (QED) is 0.403. The summed E-state index contributed by atoms with van der Waals surface area (Å²) in [6, 6.07) is 12.5. The second kappa shape index (κ2) is 12.0. The lowest BCUT2D eigenvalue weighted by atomic mass is 10.1. The number of carbonyl (C=O) groups excluding carboxylic acids is 1. The third kappa shape index (κ3) is 7.05. The Bertz CT molecular complexity index is 1080. The van der Waals surface area contributed by atoms with Gasteiger partial charge in [0.05, 0.1) is 23.8 Å². The normalized spacial score (nSPS) is 15.4. The Balaban J connectivity index is 1.53. The van der Waals surface area contributed by atoms with Gasteiger partial charge in [0.25, 0.3) is 0 Å². The smallest absolute Gasteiger partial charge is 0.387 e. The van der Waals surface area contributed by atoms with Gasteiger partial charge in [-0.25, -0.2) is 13.8 Å². The number of amides is 1. The minimum atomic E-state index is -3.56. The summed E-state index contributed by atoms with van der Waals surface area (Å²) < 4.78 is 60.8. The molecule has 0 spiro atoms. The molecule has 2 aromatic carbocycles. The van der Waals surface area contributed by atoms with Crippen molar-refractivity contribution in [1.82, 2.24) is 9.73 Å². The number of rotatable bonds is 10. The number of hydrogen-bond donors (Lipinski definition) is 1. The maximum atomic E-state index is 12.7. The molecule has 1 saturated heterocycles. The molecule has 0 unspecified atom stereocenters. The van der Waals surface area contributed by atoms with Gasteiger partial charge in [-0.05, 0) is 60.4 Å². The number of nitrogens with one attached hydrogen (secondary N) is 1. The molecule has 0 bridgehead atoms. The van der Waals surface area contributed by atoms with E-state index in [1.165, 1.54) is 16.4 Å². The van der Waals surface area contributed by atoms with Crippen LogP contribution in [0.2, 0.25) is 0 Å². The molecule has 1 heterocycles. The topological polar surface area (TPSA) is 97.3 Å². The molecule has 2 aromatic rings. The van der Waals surface area contributed by atoms with Gasteiger partial charge < -0.3 is 9.47 Å². The number of aryl methyl sites for hydroxylation is 1. The number of ether oxygens (including phenoxy) is 2. The summed E-state index contributed by atoms with van der Waals surface area (Å²) in [5.74, 6) is -0.254. The third-order valence-electron chi connectivity index (χ3n) is 5.24. The van der Waals surface area contributed by atoms with Crippen LogP contribution in [0.5, 0.6) is 5.75 Å². The number of sulfonamides is 1. The Morgan fingerprint density at radius 1 is 1.12 bits per heavy atom. The lowest BCUT2D eigenvalue weighted by molar-refractivity contribution is -0.121. The van der Waals surface area contributed by atoms with E-state index >= 15 is 0 Å². The number of nitrogens with zero attached hydrogens (tertiary/aromatic N) is 2. The van der Waals surface area contributed by atoms with Crippen LogP contribution in [0.4, 0.5) is 8.78 Å². The standard InChI is InChI=1S/C23H27F2N3O5S/c1-2-21(18-6-8-19(9-7-18)33-23(24)25)26-27-22(29)12-5-17-3-10-20(11-4-17)34(30,31)28-13-15-32-16-14-28/h3-4,6-11,23H,2,5,12-16H2,1H3,(H,27,29)/b26-21+. The first-order valence-corrected chi connectivity index (χ1v) is 12.3. The molecule has 184 valence electrons. The molecule has 1 aliphatic rings. The van der Waals surface area contributed by atoms with Crippen LogP contribution in [0.1, 0.15) is 30.9 Å². The second-order valence-corrected chi connectivity index (χ2v) is 9.45. The van der Waals surface area contributed by atoms with E-state index in [2.05, 4.69) is 15.3 Å². The summed E-state index contributed by atoms with van der Waals surface area (Å²) in [5.41, 5.74) is 4.61. The zero-order valence-electron chi connectivity index (χ0n) is 18.7. The Hall–Kier alpha value is -2.89. The van der Waals surface area contributed by atoms with E-state index < -0.39 is 16.6 Å². The van der Waals surface area contributed by atoms with Crippen molar-refractivity contribution in [2.45, 2.75) is 37.7 Å². The largest absolute Gasteiger partial charge is 0.435 e. The molecule has 0 saturated carbocycles. The van der Waals surface area contributed by atoms with E-state index in [0.717, 1.165) is 5.56 Å². The van der Waals surface area contributed by atoms with Crippen molar-refractivity contribution in [3.63, 3.8) is 0 Å². The van der Waals surface area contributed by atoms with Crippen molar-refractivity contribution < 1.29 is 31.5 Å². The lowest BCUT2D eigenvalue weighted by Crippen LogP contribution is -2.40. The molecule has 3 rings (SSSR count). The molecule has 0 aliphatic carbocycles. The number of alkyl halides is 2. The van der Waals surface area contributed by atoms with Gasteiger partial charge in [-0.2, -0.15) is 18.2 Å². The van der Waals surface area contributed by atoms with E-state index in [1.54, 1.807) is 36.4 Å². The van der Waals surface area contributed by atoms with Gasteiger partial charge >= 0.3 is 6.61 Å². The molecule has 1 amide bonds. The van der Waals surface area contributed by atoms with Crippen LogP contribution >= 0.6 is 0 Å². The minimum absolute atomic E-state index is 0.0435. The van der Waals surface area contributed by atoms with Gasteiger partial charge in [0.2, 0.25) is 15.9 Å². The van der Waals surface area contributed by atoms with E-state index in [-0.39, 0.29) is 23.0 Å². The van der Waals surface area contributed by atoms with Crippen molar-refractivity contribution in [2.75, 3.05) is 26.3 Å². The zero-order chi connectivity index (χ0) is 24.6. The summed E-state index contributed by atoms with van der Waals surface area (Å²) >= 11 is 0. The van der Waals surface area contributed by atoms with Crippen molar-refractivity contribution in [3.05, 3.63) is 59.7 Å². The molecule has 1 aliphatic heterocycles. The average Bonchev–Trinajstić information content (AvgIpc) is 2.84. The van der Waals surface area contributed by atoms with Crippen molar-refractivity contribution in [1.29, 1.82) is 0 Å². The molecule has 1 fully saturated rings. The van der Waals surface area contributed by atoms with E-state index in [1.807, 2.05) is 6.92 Å². The first-order chi connectivity index (χ1) is 16.3. The number of carbonyl (C=O) groups is 1. The Morgan fingerprint density at radius 2 is 1.76 bits per heavy atom. The Morgan fingerprint density at radius 3 is 2.35 bits per heavy atom. The summed E-state index contributed by atoms with van der Waals surface area (Å²) in [6.45, 7) is 0.396. The molecule has 1 N–H and O–H groups in total. The fourth-order valence-corrected chi connectivity index (χ4v) is 4.79. The van der Waals surface area contributed by atoms with Crippen LogP contribution < -0.4 is 10.2 Å². The fourth-order valence-electron chi connectivity index (χ4n) is 3.38. The number of benzene rings is 2. The second-order valence-electron chi connectivity index (χ2n) is 7.51. The maximum absolute atomic E-state index is 12.7. The Kier molecular flexibility index (Phi) is 9.08. The SMILES string of the molecule is CC/C(=N\NC(=O)CCc1ccc(S(=O)(=O)N2CCOCC2)cc1)c1ccc(OC(F)F)cc1. The van der Waals surface area contributed by atoms with E-state index in [0.29, 0.717) is 50.4 Å². The summed E-state index contributed by atoms with van der Waals surface area (Å²) in [4.78, 5) is 12.5. The molecule has 0 atom stereocenters. The fraction of sp³-hybridized carbons (Fsp3) is 0.391. The highest BCUT2D eigenvalue weighted by Crippen LogP contribution is 2.19. The molecule has 11 heteroatoms. The highest BCUT2D eigenvalue weighted by atomic mass is 32.2. The zero-order valence-corrected chi connectivity index (χ0v) is 19.6. The van der Waals surface area contributed by atoms with Crippen LogP contribution in [0.3, 0.4) is 0 Å². The number of hydrazone groups is 1. The van der Waals surface area contributed by atoms with Crippen LogP contribution in [0.25, 0.3) is 0 Å². The summed E-state index contributed by atoms with van der Waals surface area (Å²) in [7, 11) is -3.56. The average molecular weight is 496 g/mol. The number of morpholine rings is 1. The van der Waals surface area contributed by atoms with E-state index in [4.69, 9.17) is 4.74 Å². The lowest BCUT2D eigenvalue weighted by Gasteiger charge is -2.26. The summed E-state index contributed by atoms with van der Waals surface area (Å²) in [6.07, 6.45) is 1.10. The van der Waals surface area contributed by atoms with Gasteiger partial charge in [-0.3, -0.25) is 4.79 Å². The summed E-state index contributed by atoms with van der Waals surface area (Å²) in [5, 5.41) is 4.15. The minimum Gasteiger partial charge on any atom is -0.435 e. The van der Waals surface area contributed by atoms with E-state index in [9.17, 15) is 22.0 Å². The Labute approximate surface area is 197 Å². The highest BCUT2D eigenvalue weighted by Gasteiger charge is 2.26. The first-order valence-electron chi connectivity index (χ1n) is 10.9. The van der Waals surface area contributed by atoms with Gasteiger partial charge in [0.1, 0.15) is 5.75 Å². The number of halogens is 2. The molecule has 0 aromatic heterocycles. The molecular weight excluding hydrogens is 468 g/mol. The van der Waals surface area contributed by atoms with Gasteiger partial charge in [-0.1, -0.05) is 19.1 Å². The van der Waals surface area contributed by atoms with Crippen LogP contribution in [0.15, 0.2) is 58.5 Å². The predicted octanol–water partition coefficient (Wildman–Crippen LogP) is 3.17. The molecule has 0 radical (unpaired) electrons. The van der Waals surface area contributed by atoms with Crippen LogP contribution in [-0.4, -0.2) is 57.3 Å². The molecule has 34 heavy (non-hydrogen) atoms. The number of hydrogen-bond acceptors (Lipinski definition) is 6. The predicted molar refractivity (Wildman–Crippen MR) is 122 cm³/mol. The van der Waals surface area contributed by atoms with Crippen LogP contribution in [-0.2, 0) is 26.0 Å². The van der Waals surface area contributed by atoms with Gasteiger partial charge in [0.15, 0.2) is 0 Å². The van der Waals surface area contributed by atoms with Gasteiger partial charge in [-0.15, -0.1) is 0 Å². The first kappa shape index (κ1) is 25.7. The van der Waals surface area contributed by atoms with Crippen molar-refractivity contribution in [2.24, 2.45) is 5.10 Å². The van der Waals surface area contributed by atoms with Crippen molar-refractivity contribution >= 4 is 21.6 Å². The van der Waals surface area contributed by atoms with Gasteiger partial charge in [0, 0.05) is 19.5 Å². The highest BCUT2D eigenvalue weighted by molar-refractivity contribution is 7.89. The monoisotopic (exact) mass is 495 g/mol. The van der Waals surface area contributed by atoms with Crippen LogP contribution in [0, 0.1) is 0 Å². The molecule has 8 nitrogen and oxygen atoms in total. The van der Waals surface area contributed by atoms with Crippen molar-refractivity contribution in [3.8, 4) is 5.75 Å². The third-order valence-corrected chi connectivity index (χ3v) is 7.15. The molecular formula is C23H27F2N3O5S. The maximum Gasteiger partial charge on any atom is 0.387 e.